The molecule has 0 saturated carbocycles. The zero-order chi connectivity index (χ0) is 18.3. The van der Waals surface area contributed by atoms with E-state index in [0.717, 1.165) is 18.9 Å². The number of piperidine rings is 1. The number of nitrogens with zero attached hydrogens (tertiary/aromatic N) is 1. The second-order valence-electron chi connectivity index (χ2n) is 6.33. The molecule has 1 aromatic heterocycles. The van der Waals surface area contributed by atoms with Crippen LogP contribution in [0.3, 0.4) is 0 Å². The van der Waals surface area contributed by atoms with Crippen LogP contribution in [0.2, 0.25) is 5.02 Å². The van der Waals surface area contributed by atoms with E-state index in [1.807, 2.05) is 0 Å². The van der Waals surface area contributed by atoms with E-state index in [2.05, 4.69) is 11.6 Å². The highest BCUT2D eigenvalue weighted by Gasteiger charge is 2.30. The van der Waals surface area contributed by atoms with Gasteiger partial charge in [-0.3, -0.25) is 9.59 Å². The number of nitrogens with two attached hydrogens (primary N) is 1. The van der Waals surface area contributed by atoms with Crippen LogP contribution in [0.15, 0.2) is 18.7 Å². The van der Waals surface area contributed by atoms with Gasteiger partial charge in [0.15, 0.2) is 0 Å². The summed E-state index contributed by atoms with van der Waals surface area (Å²) in [5.41, 5.74) is 6.96. The Kier molecular flexibility index (Phi) is 4.56. The quantitative estimate of drug-likeness (QED) is 0.821. The number of benzene rings is 1. The van der Waals surface area contributed by atoms with Gasteiger partial charge in [0.25, 0.3) is 5.91 Å². The molecule has 25 heavy (non-hydrogen) atoms. The zero-order valence-corrected chi connectivity index (χ0v) is 14.6. The first-order valence-electron chi connectivity index (χ1n) is 8.06. The number of aromatic amines is 1. The molecule has 132 valence electrons. The second kappa shape index (κ2) is 6.52. The minimum Gasteiger partial charge on any atom is -0.366 e. The molecule has 3 rings (SSSR count). The van der Waals surface area contributed by atoms with Crippen LogP contribution in [0.25, 0.3) is 10.9 Å². The van der Waals surface area contributed by atoms with Gasteiger partial charge in [0, 0.05) is 35.7 Å². The van der Waals surface area contributed by atoms with Crippen molar-refractivity contribution in [3.63, 3.8) is 0 Å². The normalized spacial score (nSPS) is 17.7. The molecule has 0 radical (unpaired) electrons. The largest absolute Gasteiger partial charge is 0.366 e. The average molecular weight is 364 g/mol. The summed E-state index contributed by atoms with van der Waals surface area (Å²) in [5, 5.41) is 0.852. The van der Waals surface area contributed by atoms with Gasteiger partial charge in [-0.05, 0) is 31.9 Å². The first kappa shape index (κ1) is 17.5. The summed E-state index contributed by atoms with van der Waals surface area (Å²) in [6, 6.07) is 1.15. The van der Waals surface area contributed by atoms with Gasteiger partial charge in [0.05, 0.1) is 16.1 Å². The summed E-state index contributed by atoms with van der Waals surface area (Å²) in [6.45, 7) is 6.26. The number of amides is 2. The third kappa shape index (κ3) is 2.91. The molecule has 2 aromatic rings. The maximum atomic E-state index is 14.9. The number of likely N-dealkylation sites (tertiary alicyclic amines) is 1. The summed E-state index contributed by atoms with van der Waals surface area (Å²) in [7, 11) is 0. The Hall–Kier alpha value is -2.34. The Labute approximate surface area is 149 Å². The first-order chi connectivity index (χ1) is 11.8. The van der Waals surface area contributed by atoms with Crippen LogP contribution in [0.5, 0.6) is 0 Å². The van der Waals surface area contributed by atoms with E-state index in [9.17, 15) is 14.0 Å². The number of rotatable bonds is 3. The molecule has 7 heteroatoms. The predicted octanol–water partition coefficient (Wildman–Crippen LogP) is 3.26. The first-order valence-corrected chi connectivity index (χ1v) is 8.44. The monoisotopic (exact) mass is 363 g/mol. The van der Waals surface area contributed by atoms with Crippen molar-refractivity contribution >= 4 is 34.3 Å². The second-order valence-corrected chi connectivity index (χ2v) is 6.70. The fraction of sp³-hybridized carbons (Fsp3) is 0.333. The molecule has 1 aliphatic heterocycles. The van der Waals surface area contributed by atoms with Crippen molar-refractivity contribution in [3.05, 3.63) is 46.4 Å². The maximum Gasteiger partial charge on any atom is 0.250 e. The number of aryl methyl sites for hydroxylation is 1. The summed E-state index contributed by atoms with van der Waals surface area (Å²) < 4.78 is 14.9. The summed E-state index contributed by atoms with van der Waals surface area (Å²) >= 11 is 6.39. The molecule has 1 fully saturated rings. The Morgan fingerprint density at radius 2 is 2.24 bits per heavy atom. The number of hydrogen-bond donors (Lipinski definition) is 2. The maximum absolute atomic E-state index is 14.9. The van der Waals surface area contributed by atoms with Crippen molar-refractivity contribution in [3.8, 4) is 0 Å². The Morgan fingerprint density at radius 1 is 1.52 bits per heavy atom. The Balaban J connectivity index is 2.17. The molecule has 1 aliphatic rings. The number of H-pyrrole nitrogens is 1. The average Bonchev–Trinajstić information content (AvgIpc) is 2.88. The molecule has 0 unspecified atom stereocenters. The lowest BCUT2D eigenvalue weighted by atomic mass is 9.87. The molecular formula is C18H19ClFN3O2. The lowest BCUT2D eigenvalue weighted by Crippen LogP contribution is -2.38. The summed E-state index contributed by atoms with van der Waals surface area (Å²) in [4.78, 5) is 28.3. The number of nitrogens with one attached hydrogen (secondary N) is 1. The van der Waals surface area contributed by atoms with E-state index >= 15 is 0 Å². The fourth-order valence-electron chi connectivity index (χ4n) is 3.59. The van der Waals surface area contributed by atoms with Gasteiger partial charge >= 0.3 is 0 Å². The third-order valence-electron chi connectivity index (χ3n) is 4.76. The molecule has 1 atom stereocenters. The Morgan fingerprint density at radius 3 is 2.88 bits per heavy atom. The molecule has 2 amide bonds. The van der Waals surface area contributed by atoms with Gasteiger partial charge in [-0.25, -0.2) is 4.39 Å². The van der Waals surface area contributed by atoms with Crippen molar-refractivity contribution < 1.29 is 14.0 Å². The number of primary amides is 1. The zero-order valence-electron chi connectivity index (χ0n) is 13.9. The third-order valence-corrected chi connectivity index (χ3v) is 5.23. The fourth-order valence-corrected chi connectivity index (χ4v) is 3.83. The standard InChI is InChI=1S/C18H19ClFN3O2/c1-3-13(24)23-6-4-5-10(8-23)14-12(20)7-11(18(21)25)17-15(14)16(19)9(2)22-17/h3,7,10,22H,1,4-6,8H2,2H3,(H2,21,25)/t10-/m1/s1. The summed E-state index contributed by atoms with van der Waals surface area (Å²) in [5.74, 6) is -1.64. The van der Waals surface area contributed by atoms with Crippen molar-refractivity contribution in [2.24, 2.45) is 5.73 Å². The molecule has 0 spiro atoms. The highest BCUT2D eigenvalue weighted by atomic mass is 35.5. The molecule has 1 aromatic carbocycles. The van der Waals surface area contributed by atoms with Crippen LogP contribution in [0, 0.1) is 12.7 Å². The number of halogens is 2. The van der Waals surface area contributed by atoms with Crippen molar-refractivity contribution in [2.45, 2.75) is 25.7 Å². The molecule has 3 N–H and O–H groups in total. The van der Waals surface area contributed by atoms with Gasteiger partial charge in [0.1, 0.15) is 5.82 Å². The highest BCUT2D eigenvalue weighted by molar-refractivity contribution is 6.37. The molecule has 0 bridgehead atoms. The van der Waals surface area contributed by atoms with Gasteiger partial charge in [-0.2, -0.15) is 0 Å². The van der Waals surface area contributed by atoms with Crippen LogP contribution in [0.4, 0.5) is 4.39 Å². The number of carbonyl (C=O) groups is 2. The molecule has 2 heterocycles. The molecule has 5 nitrogen and oxygen atoms in total. The van der Waals surface area contributed by atoms with Crippen LogP contribution in [-0.4, -0.2) is 34.8 Å². The highest BCUT2D eigenvalue weighted by Crippen LogP contribution is 2.40. The summed E-state index contributed by atoms with van der Waals surface area (Å²) in [6.07, 6.45) is 2.74. The number of fused-ring (bicyclic) bond motifs is 1. The van der Waals surface area contributed by atoms with E-state index in [4.69, 9.17) is 17.3 Å². The smallest absolute Gasteiger partial charge is 0.250 e. The van der Waals surface area contributed by atoms with Gasteiger partial charge in [-0.1, -0.05) is 18.2 Å². The van der Waals surface area contributed by atoms with Crippen LogP contribution < -0.4 is 5.73 Å². The lowest BCUT2D eigenvalue weighted by Gasteiger charge is -2.33. The number of aromatic nitrogens is 1. The van der Waals surface area contributed by atoms with E-state index < -0.39 is 11.7 Å². The van der Waals surface area contributed by atoms with E-state index in [1.54, 1.807) is 11.8 Å². The van der Waals surface area contributed by atoms with Gasteiger partial charge < -0.3 is 15.6 Å². The molecule has 1 saturated heterocycles. The Bertz CT molecular complexity index is 890. The number of carbonyl (C=O) groups excluding carboxylic acids is 2. The van der Waals surface area contributed by atoms with Gasteiger partial charge in [0.2, 0.25) is 5.91 Å². The number of hydrogen-bond acceptors (Lipinski definition) is 2. The van der Waals surface area contributed by atoms with Crippen LogP contribution in [0.1, 0.15) is 40.4 Å². The van der Waals surface area contributed by atoms with Gasteiger partial charge in [-0.15, -0.1) is 0 Å². The SMILES string of the molecule is C=CC(=O)N1CCC[C@@H](c2c(F)cc(C(N)=O)c3[nH]c(C)c(Cl)c23)C1. The molecule has 0 aliphatic carbocycles. The van der Waals surface area contributed by atoms with Crippen molar-refractivity contribution in [1.29, 1.82) is 0 Å². The predicted molar refractivity (Wildman–Crippen MR) is 95.3 cm³/mol. The topological polar surface area (TPSA) is 79.2 Å². The minimum atomic E-state index is -0.722. The van der Waals surface area contributed by atoms with Crippen molar-refractivity contribution in [1.82, 2.24) is 9.88 Å². The van der Waals surface area contributed by atoms with E-state index in [-0.39, 0.29) is 17.4 Å². The minimum absolute atomic E-state index is 0.0704. The van der Waals surface area contributed by atoms with Crippen molar-refractivity contribution in [2.75, 3.05) is 13.1 Å². The molecular weight excluding hydrogens is 345 g/mol. The van der Waals surface area contributed by atoms with Crippen LogP contribution >= 0.6 is 11.6 Å². The lowest BCUT2D eigenvalue weighted by molar-refractivity contribution is -0.127. The van der Waals surface area contributed by atoms with E-state index in [0.29, 0.717) is 40.3 Å². The van der Waals surface area contributed by atoms with Crippen LogP contribution in [-0.2, 0) is 4.79 Å². The van der Waals surface area contributed by atoms with E-state index in [1.165, 1.54) is 6.08 Å².